The number of hydrogen-bond donors (Lipinski definition) is 0. The van der Waals surface area contributed by atoms with Crippen LogP contribution >= 0.6 is 0 Å². The van der Waals surface area contributed by atoms with Gasteiger partial charge in [0, 0.05) is 0 Å². The minimum atomic E-state index is 0. The Morgan fingerprint density at radius 3 is 1.43 bits per heavy atom. The van der Waals surface area contributed by atoms with Crippen LogP contribution < -0.4 is 24.8 Å². The van der Waals surface area contributed by atoms with Gasteiger partial charge in [0.1, 0.15) is 0 Å². The van der Waals surface area contributed by atoms with Crippen molar-refractivity contribution in [1.82, 2.24) is 0 Å². The molecule has 0 bridgehead atoms. The predicted octanol–water partition coefficient (Wildman–Crippen LogP) is 4.95. The first kappa shape index (κ1) is 37.1. The summed E-state index contributed by atoms with van der Waals surface area (Å²) >= 11 is 1.69. The fraction of sp³-hybridized carbons (Fsp3) is 0.514. The summed E-state index contributed by atoms with van der Waals surface area (Å²) in [6, 6.07) is 16.2. The molecule has 0 aliphatic heterocycles. The maximum atomic E-state index is 3.26. The van der Waals surface area contributed by atoms with E-state index in [0.29, 0.717) is 11.3 Å². The van der Waals surface area contributed by atoms with E-state index >= 15 is 0 Å². The van der Waals surface area contributed by atoms with Crippen molar-refractivity contribution < 1.29 is 49.0 Å². The molecule has 0 spiro atoms. The van der Waals surface area contributed by atoms with Crippen molar-refractivity contribution >= 4 is 24.8 Å². The summed E-state index contributed by atoms with van der Waals surface area (Å²) in [5, 5.41) is 5.48. The van der Waals surface area contributed by atoms with Crippen LogP contribution in [-0.4, -0.2) is 3.21 Å². The molecule has 1 unspecified atom stereocenters. The van der Waals surface area contributed by atoms with Gasteiger partial charge < -0.3 is 24.8 Å². The van der Waals surface area contributed by atoms with Gasteiger partial charge in [0.15, 0.2) is 0 Å². The van der Waals surface area contributed by atoms with Crippen LogP contribution in [0.25, 0.3) is 21.5 Å². The Kier molecular flexibility index (Phi) is 14.0. The molecule has 0 nitrogen and oxygen atoms in total. The van der Waals surface area contributed by atoms with Crippen molar-refractivity contribution in [2.45, 2.75) is 112 Å². The first-order valence-electron chi connectivity index (χ1n) is 14.6. The van der Waals surface area contributed by atoms with Crippen LogP contribution in [0.3, 0.4) is 0 Å². The van der Waals surface area contributed by atoms with Gasteiger partial charge in [-0.25, -0.2) is 6.08 Å². The molecule has 2 aliphatic rings. The van der Waals surface area contributed by atoms with Gasteiger partial charge in [-0.3, -0.25) is 6.08 Å². The molecular formula is C37H50Cl2Zr-2. The molecular weight excluding hydrogens is 607 g/mol. The second-order valence-corrected chi connectivity index (χ2v) is 16.1. The first-order valence-corrected chi connectivity index (χ1v) is 15.8. The molecule has 1 saturated carbocycles. The van der Waals surface area contributed by atoms with Gasteiger partial charge in [0.2, 0.25) is 0 Å². The number of fused-ring (bicyclic) bond motifs is 3. The molecule has 0 radical (unpaired) electrons. The standard InChI is InChI=1S/C21H25.C10H15.C6H10.2ClH.Zr/c1-20(2,3)16-7-9-18-14(12-16)11-15-13-17(21(4,5)6)8-10-19(15)18;1-8-5-6-9(7-8)10(2,3)4;1-2-4-6-5-3-1;;;/h7-13H,1-6H3;6-8H,1-4H3;1-5H2;2*1H;/q2*-1;;;;+2/p-2. The fourth-order valence-corrected chi connectivity index (χ4v) is 5.86. The van der Waals surface area contributed by atoms with Gasteiger partial charge in [-0.2, -0.15) is 11.6 Å². The third-order valence-corrected chi connectivity index (χ3v) is 8.92. The summed E-state index contributed by atoms with van der Waals surface area (Å²) in [5.41, 5.74) is 4.93. The summed E-state index contributed by atoms with van der Waals surface area (Å²) in [7, 11) is 0. The summed E-state index contributed by atoms with van der Waals surface area (Å²) < 4.78 is 1.80. The zero-order valence-corrected chi connectivity index (χ0v) is 30.5. The molecule has 5 rings (SSSR count). The molecule has 3 heteroatoms. The number of hydrogen-bond acceptors (Lipinski definition) is 0. The number of halogens is 2. The topological polar surface area (TPSA) is 0 Å². The molecule has 3 aromatic carbocycles. The van der Waals surface area contributed by atoms with Crippen LogP contribution in [-0.2, 0) is 35.1 Å². The van der Waals surface area contributed by atoms with Crippen LogP contribution in [0.2, 0.25) is 0 Å². The number of rotatable bonds is 0. The Morgan fingerprint density at radius 2 is 1.15 bits per heavy atom. The van der Waals surface area contributed by atoms with E-state index in [2.05, 4.69) is 130 Å². The Balaban J connectivity index is 0.000000351. The van der Waals surface area contributed by atoms with E-state index in [4.69, 9.17) is 0 Å². The third-order valence-electron chi connectivity index (χ3n) is 7.69. The molecule has 0 aromatic heterocycles. The Labute approximate surface area is 273 Å². The van der Waals surface area contributed by atoms with E-state index in [1.165, 1.54) is 70.3 Å². The van der Waals surface area contributed by atoms with Crippen molar-refractivity contribution in [3.8, 4) is 0 Å². The minimum absolute atomic E-state index is 0. The molecule has 1 fully saturated rings. The molecule has 2 aliphatic carbocycles. The SMILES string of the molecule is CC(C)(C)c1ccc2c(c1)[cH-]c1cc(C(C)(C)C)ccc12.CC1[C-]=CC(C(C)(C)C)=C1.[Cl-].[Cl-].[Zr+2]=[C]1CCCCC1. The van der Waals surface area contributed by atoms with Gasteiger partial charge in [-0.05, 0) is 10.8 Å². The summed E-state index contributed by atoms with van der Waals surface area (Å²) in [6.07, 6.45) is 15.0. The summed E-state index contributed by atoms with van der Waals surface area (Å²) in [4.78, 5) is 0. The average Bonchev–Trinajstić information content (AvgIpc) is 3.42. The van der Waals surface area contributed by atoms with Crippen LogP contribution in [0.5, 0.6) is 0 Å². The van der Waals surface area contributed by atoms with Crippen molar-refractivity contribution in [3.05, 3.63) is 77.4 Å². The zero-order chi connectivity index (χ0) is 28.3. The van der Waals surface area contributed by atoms with Crippen LogP contribution in [0.15, 0.2) is 60.2 Å². The zero-order valence-electron chi connectivity index (χ0n) is 26.6. The van der Waals surface area contributed by atoms with Crippen LogP contribution in [0, 0.1) is 17.4 Å². The normalized spacial score (nSPS) is 17.2. The van der Waals surface area contributed by atoms with Crippen LogP contribution in [0.4, 0.5) is 0 Å². The molecule has 0 N–H and O–H groups in total. The summed E-state index contributed by atoms with van der Waals surface area (Å²) in [6.45, 7) is 22.5. The summed E-state index contributed by atoms with van der Waals surface area (Å²) in [5.74, 6) is 0.522. The van der Waals surface area contributed by atoms with Gasteiger partial charge in [0.05, 0.1) is 0 Å². The van der Waals surface area contributed by atoms with Crippen molar-refractivity contribution in [1.29, 1.82) is 0 Å². The second-order valence-electron chi connectivity index (χ2n) is 14.4. The predicted molar refractivity (Wildman–Crippen MR) is 167 cm³/mol. The number of allylic oxidation sites excluding steroid dienone is 4. The van der Waals surface area contributed by atoms with E-state index in [0.717, 1.165) is 0 Å². The maximum absolute atomic E-state index is 3.26. The van der Waals surface area contributed by atoms with E-state index in [9.17, 15) is 0 Å². The first-order chi connectivity index (χ1) is 17.6. The van der Waals surface area contributed by atoms with Crippen molar-refractivity contribution in [2.75, 3.05) is 0 Å². The Hall–Kier alpha value is -0.877. The molecule has 40 heavy (non-hydrogen) atoms. The van der Waals surface area contributed by atoms with Gasteiger partial charge in [-0.1, -0.05) is 116 Å². The van der Waals surface area contributed by atoms with Crippen LogP contribution in [0.1, 0.15) is 112 Å². The Bertz CT molecular complexity index is 1240. The van der Waals surface area contributed by atoms with Gasteiger partial charge in [0.25, 0.3) is 0 Å². The van der Waals surface area contributed by atoms with E-state index in [1.807, 2.05) is 0 Å². The van der Waals surface area contributed by atoms with Gasteiger partial charge in [-0.15, -0.1) is 39.7 Å². The third kappa shape index (κ3) is 10.4. The number of benzene rings is 2. The van der Waals surface area contributed by atoms with E-state index in [1.54, 1.807) is 27.4 Å². The molecule has 0 heterocycles. The van der Waals surface area contributed by atoms with Crippen molar-refractivity contribution in [3.63, 3.8) is 0 Å². The van der Waals surface area contributed by atoms with E-state index < -0.39 is 0 Å². The monoisotopic (exact) mass is 654 g/mol. The van der Waals surface area contributed by atoms with Crippen molar-refractivity contribution in [2.24, 2.45) is 11.3 Å². The molecule has 3 aromatic rings. The second kappa shape index (κ2) is 15.0. The quantitative estimate of drug-likeness (QED) is 0.301. The molecule has 1 atom stereocenters. The molecule has 0 saturated heterocycles. The van der Waals surface area contributed by atoms with E-state index in [-0.39, 0.29) is 35.6 Å². The van der Waals surface area contributed by atoms with Gasteiger partial charge >= 0.3 is 59.5 Å². The average molecular weight is 657 g/mol. The molecule has 218 valence electrons. The Morgan fingerprint density at radius 1 is 0.700 bits per heavy atom. The molecule has 0 amide bonds. The fourth-order valence-electron chi connectivity index (χ4n) is 4.99.